The maximum atomic E-state index is 11.6. The molecule has 2 aliphatic rings. The summed E-state index contributed by atoms with van der Waals surface area (Å²) >= 11 is 1.75. The zero-order chi connectivity index (χ0) is 11.4. The van der Waals surface area contributed by atoms with Crippen molar-refractivity contribution in [1.29, 1.82) is 0 Å². The Morgan fingerprint density at radius 1 is 1.62 bits per heavy atom. The van der Waals surface area contributed by atoms with Gasteiger partial charge in [0.15, 0.2) is 0 Å². The molecular weight excluding hydrogens is 222 g/mol. The first-order valence-corrected chi connectivity index (χ1v) is 7.07. The van der Waals surface area contributed by atoms with Crippen LogP contribution in [0, 0.1) is 5.92 Å². The van der Waals surface area contributed by atoms with Gasteiger partial charge in [0.05, 0.1) is 5.60 Å². The zero-order valence-electron chi connectivity index (χ0n) is 9.45. The number of amides is 1. The van der Waals surface area contributed by atoms with E-state index in [1.807, 2.05) is 0 Å². The lowest BCUT2D eigenvalue weighted by atomic mass is 10.0. The van der Waals surface area contributed by atoms with Gasteiger partial charge in [-0.1, -0.05) is 12.2 Å². The Morgan fingerprint density at radius 2 is 2.50 bits per heavy atom. The third kappa shape index (κ3) is 3.25. The predicted molar refractivity (Wildman–Crippen MR) is 66.4 cm³/mol. The molecule has 2 atom stereocenters. The van der Waals surface area contributed by atoms with Crippen LogP contribution in [0.15, 0.2) is 12.2 Å². The van der Waals surface area contributed by atoms with Crippen molar-refractivity contribution in [3.05, 3.63) is 12.2 Å². The van der Waals surface area contributed by atoms with Gasteiger partial charge in [-0.3, -0.25) is 4.79 Å². The van der Waals surface area contributed by atoms with Gasteiger partial charge in [-0.2, -0.15) is 11.8 Å². The van der Waals surface area contributed by atoms with Crippen molar-refractivity contribution in [2.75, 3.05) is 18.1 Å². The van der Waals surface area contributed by atoms with Crippen LogP contribution in [0.3, 0.4) is 0 Å². The Bertz CT molecular complexity index is 285. The molecule has 0 spiro atoms. The van der Waals surface area contributed by atoms with E-state index >= 15 is 0 Å². The van der Waals surface area contributed by atoms with Crippen molar-refractivity contribution >= 4 is 17.7 Å². The monoisotopic (exact) mass is 241 g/mol. The van der Waals surface area contributed by atoms with E-state index in [0.29, 0.717) is 18.9 Å². The van der Waals surface area contributed by atoms with Crippen molar-refractivity contribution in [3.63, 3.8) is 0 Å². The number of carbonyl (C=O) groups excluding carboxylic acids is 1. The number of thioether (sulfide) groups is 1. The summed E-state index contributed by atoms with van der Waals surface area (Å²) in [6.45, 7) is 0.412. The molecule has 1 aliphatic carbocycles. The van der Waals surface area contributed by atoms with E-state index in [-0.39, 0.29) is 5.91 Å². The van der Waals surface area contributed by atoms with E-state index in [0.717, 1.165) is 30.8 Å². The molecule has 90 valence electrons. The fraction of sp³-hybridized carbons (Fsp3) is 0.750. The summed E-state index contributed by atoms with van der Waals surface area (Å²) in [6.07, 6.45) is 7.81. The summed E-state index contributed by atoms with van der Waals surface area (Å²) in [7, 11) is 0. The summed E-state index contributed by atoms with van der Waals surface area (Å²) in [5.41, 5.74) is -0.661. The van der Waals surface area contributed by atoms with E-state index in [4.69, 9.17) is 0 Å². The molecule has 1 saturated heterocycles. The van der Waals surface area contributed by atoms with Crippen LogP contribution < -0.4 is 5.32 Å². The minimum Gasteiger partial charge on any atom is -0.387 e. The molecule has 0 saturated carbocycles. The van der Waals surface area contributed by atoms with Crippen molar-refractivity contribution in [3.8, 4) is 0 Å². The first kappa shape index (κ1) is 12.0. The van der Waals surface area contributed by atoms with E-state index in [2.05, 4.69) is 17.5 Å². The molecule has 0 aromatic rings. The predicted octanol–water partition coefficient (Wildman–Crippen LogP) is 1.33. The molecule has 2 rings (SSSR count). The fourth-order valence-corrected chi connectivity index (χ4v) is 3.47. The first-order valence-electron chi connectivity index (χ1n) is 5.91. The molecule has 4 heteroatoms. The highest BCUT2D eigenvalue weighted by molar-refractivity contribution is 7.99. The lowest BCUT2D eigenvalue weighted by Gasteiger charge is -2.21. The molecule has 2 N–H and O–H groups in total. The quantitative estimate of drug-likeness (QED) is 0.730. The molecule has 3 nitrogen and oxygen atoms in total. The maximum Gasteiger partial charge on any atom is 0.220 e. The third-order valence-electron chi connectivity index (χ3n) is 3.26. The van der Waals surface area contributed by atoms with Crippen LogP contribution in [0.5, 0.6) is 0 Å². The lowest BCUT2D eigenvalue weighted by Crippen LogP contribution is -2.43. The Labute approximate surface area is 101 Å². The van der Waals surface area contributed by atoms with Crippen molar-refractivity contribution in [2.24, 2.45) is 5.92 Å². The van der Waals surface area contributed by atoms with Crippen molar-refractivity contribution < 1.29 is 9.90 Å². The smallest absolute Gasteiger partial charge is 0.220 e. The maximum absolute atomic E-state index is 11.6. The molecular formula is C12H19NO2S. The van der Waals surface area contributed by atoms with Crippen LogP contribution in [-0.2, 0) is 4.79 Å². The number of allylic oxidation sites excluding steroid dienone is 2. The van der Waals surface area contributed by atoms with Crippen LogP contribution in [0.2, 0.25) is 0 Å². The molecule has 1 heterocycles. The minimum atomic E-state index is -0.661. The molecule has 0 aromatic carbocycles. The van der Waals surface area contributed by atoms with Crippen LogP contribution in [0.25, 0.3) is 0 Å². The molecule has 1 amide bonds. The van der Waals surface area contributed by atoms with Gasteiger partial charge < -0.3 is 10.4 Å². The van der Waals surface area contributed by atoms with Gasteiger partial charge in [-0.25, -0.2) is 0 Å². The Kier molecular flexibility index (Phi) is 3.92. The number of nitrogens with one attached hydrogen (secondary N) is 1. The van der Waals surface area contributed by atoms with E-state index < -0.39 is 5.60 Å². The molecule has 1 fully saturated rings. The molecule has 2 unspecified atom stereocenters. The summed E-state index contributed by atoms with van der Waals surface area (Å²) in [5.74, 6) is 2.23. The van der Waals surface area contributed by atoms with Crippen LogP contribution >= 0.6 is 11.8 Å². The average molecular weight is 241 g/mol. The standard InChI is InChI=1S/C12H19NO2S/c14-11(7-10-3-1-2-4-10)13-8-12(15)5-6-16-9-12/h1,3,10,15H,2,4-9H2,(H,13,14). The Balaban J connectivity index is 1.68. The van der Waals surface area contributed by atoms with Gasteiger partial charge in [0.25, 0.3) is 0 Å². The number of rotatable bonds is 4. The molecule has 16 heavy (non-hydrogen) atoms. The average Bonchev–Trinajstić information content (AvgIpc) is 2.88. The van der Waals surface area contributed by atoms with E-state index in [9.17, 15) is 9.90 Å². The number of hydrogen-bond acceptors (Lipinski definition) is 3. The molecule has 1 aliphatic heterocycles. The minimum absolute atomic E-state index is 0.0712. The summed E-state index contributed by atoms with van der Waals surface area (Å²) < 4.78 is 0. The first-order chi connectivity index (χ1) is 7.68. The summed E-state index contributed by atoms with van der Waals surface area (Å²) in [4.78, 5) is 11.6. The normalized spacial score (nSPS) is 33.2. The van der Waals surface area contributed by atoms with Crippen molar-refractivity contribution in [2.45, 2.75) is 31.3 Å². The topological polar surface area (TPSA) is 49.3 Å². The number of hydrogen-bond donors (Lipinski definition) is 2. The second-order valence-corrected chi connectivity index (χ2v) is 5.88. The van der Waals surface area contributed by atoms with Crippen LogP contribution in [0.4, 0.5) is 0 Å². The van der Waals surface area contributed by atoms with Crippen molar-refractivity contribution in [1.82, 2.24) is 5.32 Å². The van der Waals surface area contributed by atoms with Gasteiger partial charge in [-0.15, -0.1) is 0 Å². The van der Waals surface area contributed by atoms with Gasteiger partial charge in [-0.05, 0) is 30.9 Å². The molecule has 0 radical (unpaired) electrons. The zero-order valence-corrected chi connectivity index (χ0v) is 10.3. The SMILES string of the molecule is O=C(CC1C=CCC1)NCC1(O)CCSC1. The lowest BCUT2D eigenvalue weighted by molar-refractivity contribution is -0.122. The second-order valence-electron chi connectivity index (χ2n) is 4.77. The number of carbonyl (C=O) groups is 1. The van der Waals surface area contributed by atoms with Crippen LogP contribution in [0.1, 0.15) is 25.7 Å². The Morgan fingerprint density at radius 3 is 3.12 bits per heavy atom. The van der Waals surface area contributed by atoms with Gasteiger partial charge in [0.2, 0.25) is 5.91 Å². The van der Waals surface area contributed by atoms with Gasteiger partial charge in [0, 0.05) is 18.7 Å². The van der Waals surface area contributed by atoms with E-state index in [1.165, 1.54) is 0 Å². The molecule has 0 aromatic heterocycles. The fourth-order valence-electron chi connectivity index (χ4n) is 2.17. The summed E-state index contributed by atoms with van der Waals surface area (Å²) in [5, 5.41) is 12.9. The van der Waals surface area contributed by atoms with Crippen LogP contribution in [-0.4, -0.2) is 34.7 Å². The highest BCUT2D eigenvalue weighted by Gasteiger charge is 2.32. The second kappa shape index (κ2) is 5.23. The highest BCUT2D eigenvalue weighted by Crippen LogP contribution is 2.27. The highest BCUT2D eigenvalue weighted by atomic mass is 32.2. The molecule has 0 bridgehead atoms. The van der Waals surface area contributed by atoms with Gasteiger partial charge >= 0.3 is 0 Å². The summed E-state index contributed by atoms with van der Waals surface area (Å²) in [6, 6.07) is 0. The van der Waals surface area contributed by atoms with E-state index in [1.54, 1.807) is 11.8 Å². The number of aliphatic hydroxyl groups is 1. The third-order valence-corrected chi connectivity index (χ3v) is 4.49. The van der Waals surface area contributed by atoms with Gasteiger partial charge in [0.1, 0.15) is 0 Å². The Hall–Kier alpha value is -0.480. The largest absolute Gasteiger partial charge is 0.387 e.